The molecule has 0 aliphatic carbocycles. The summed E-state index contributed by atoms with van der Waals surface area (Å²) in [7, 11) is 0. The van der Waals surface area contributed by atoms with Crippen molar-refractivity contribution >= 4 is 0 Å². The highest BCUT2D eigenvalue weighted by Crippen LogP contribution is 2.29. The Balaban J connectivity index is 1.91. The van der Waals surface area contributed by atoms with Gasteiger partial charge in [0.2, 0.25) is 0 Å². The summed E-state index contributed by atoms with van der Waals surface area (Å²) in [5.41, 5.74) is 0.563. The Hall–Kier alpha value is -2.33. The van der Waals surface area contributed by atoms with E-state index in [1.807, 2.05) is 12.1 Å². The van der Waals surface area contributed by atoms with Crippen LogP contribution in [0.4, 0.5) is 0 Å². The van der Waals surface area contributed by atoms with Crippen LogP contribution in [-0.2, 0) is 11.3 Å². The van der Waals surface area contributed by atoms with Crippen molar-refractivity contribution < 1.29 is 20.1 Å². The lowest BCUT2D eigenvalue weighted by Gasteiger charge is -2.19. The third-order valence-corrected chi connectivity index (χ3v) is 5.88. The molecule has 5 unspecified atom stereocenters. The SMILES string of the molecule is CCCC(CC)c1ccnc(Cn2c(=O)ccn(C3OC(CCO)C(O)C3O)c2=O)c1. The van der Waals surface area contributed by atoms with Crippen LogP contribution in [0.5, 0.6) is 0 Å². The van der Waals surface area contributed by atoms with Gasteiger partial charge in [-0.3, -0.25) is 18.9 Å². The maximum absolute atomic E-state index is 13.1. The number of hydrogen-bond donors (Lipinski definition) is 3. The van der Waals surface area contributed by atoms with Crippen molar-refractivity contribution in [3.8, 4) is 0 Å². The molecule has 0 spiro atoms. The molecule has 2 aromatic rings. The quantitative estimate of drug-likeness (QED) is 0.532. The first kappa shape index (κ1) is 23.3. The first-order valence-corrected chi connectivity index (χ1v) is 10.8. The van der Waals surface area contributed by atoms with Crippen molar-refractivity contribution in [2.24, 2.45) is 0 Å². The van der Waals surface area contributed by atoms with Gasteiger partial charge >= 0.3 is 5.69 Å². The third kappa shape index (κ3) is 4.95. The standard InChI is InChI=1S/C22H31N3O6/c1-3-5-14(4-2)15-6-9-23-16(12-15)13-25-18(27)7-10-24(22(25)30)21-20(29)19(28)17(31-21)8-11-26/h6-7,9-10,12,14,17,19-21,26,28-29H,3-5,8,11,13H2,1-2H3. The first-order valence-electron chi connectivity index (χ1n) is 10.8. The van der Waals surface area contributed by atoms with Gasteiger partial charge in [0.1, 0.15) is 12.2 Å². The molecule has 2 aromatic heterocycles. The Labute approximate surface area is 180 Å². The molecule has 0 aromatic carbocycles. The monoisotopic (exact) mass is 433 g/mol. The number of aliphatic hydroxyl groups excluding tert-OH is 3. The van der Waals surface area contributed by atoms with Gasteiger partial charge < -0.3 is 20.1 Å². The topological polar surface area (TPSA) is 127 Å². The van der Waals surface area contributed by atoms with Gasteiger partial charge in [0.15, 0.2) is 6.23 Å². The van der Waals surface area contributed by atoms with Crippen molar-refractivity contribution in [2.45, 2.75) is 76.5 Å². The van der Waals surface area contributed by atoms with Gasteiger partial charge in [0.05, 0.1) is 18.3 Å². The lowest BCUT2D eigenvalue weighted by atomic mass is 9.92. The molecule has 1 saturated heterocycles. The molecule has 31 heavy (non-hydrogen) atoms. The summed E-state index contributed by atoms with van der Waals surface area (Å²) in [5, 5.41) is 29.6. The van der Waals surface area contributed by atoms with Crippen LogP contribution >= 0.6 is 0 Å². The molecule has 170 valence electrons. The third-order valence-electron chi connectivity index (χ3n) is 5.88. The van der Waals surface area contributed by atoms with Crippen LogP contribution in [0, 0.1) is 0 Å². The Morgan fingerprint density at radius 3 is 2.65 bits per heavy atom. The van der Waals surface area contributed by atoms with Crippen LogP contribution in [0.2, 0.25) is 0 Å². The number of aliphatic hydroxyl groups is 3. The highest BCUT2D eigenvalue weighted by atomic mass is 16.6. The van der Waals surface area contributed by atoms with Gasteiger partial charge in [0, 0.05) is 25.1 Å². The zero-order chi connectivity index (χ0) is 22.5. The zero-order valence-corrected chi connectivity index (χ0v) is 17.9. The van der Waals surface area contributed by atoms with E-state index in [9.17, 15) is 19.8 Å². The fraction of sp³-hybridized carbons (Fsp3) is 0.591. The van der Waals surface area contributed by atoms with Crippen molar-refractivity contribution in [1.82, 2.24) is 14.1 Å². The summed E-state index contributed by atoms with van der Waals surface area (Å²) in [5.74, 6) is 0.392. The van der Waals surface area contributed by atoms with Crippen LogP contribution < -0.4 is 11.2 Å². The van der Waals surface area contributed by atoms with Gasteiger partial charge in [-0.2, -0.15) is 0 Å². The first-order chi connectivity index (χ1) is 14.9. The van der Waals surface area contributed by atoms with E-state index in [4.69, 9.17) is 9.84 Å². The molecule has 1 aliphatic heterocycles. The van der Waals surface area contributed by atoms with Crippen LogP contribution in [0.25, 0.3) is 0 Å². The minimum absolute atomic E-state index is 0.0135. The molecule has 0 bridgehead atoms. The Morgan fingerprint density at radius 2 is 1.97 bits per heavy atom. The number of aromatic nitrogens is 3. The fourth-order valence-corrected chi connectivity index (χ4v) is 4.15. The summed E-state index contributed by atoms with van der Waals surface area (Å²) in [6.07, 6.45) is 1.60. The highest BCUT2D eigenvalue weighted by molar-refractivity contribution is 5.21. The molecule has 0 amide bonds. The Morgan fingerprint density at radius 1 is 1.19 bits per heavy atom. The number of pyridine rings is 1. The van der Waals surface area contributed by atoms with Crippen LogP contribution in [0.15, 0.2) is 40.2 Å². The highest BCUT2D eigenvalue weighted by Gasteiger charge is 2.43. The number of rotatable bonds is 9. The molecule has 0 saturated carbocycles. The van der Waals surface area contributed by atoms with Crippen molar-refractivity contribution in [1.29, 1.82) is 0 Å². The van der Waals surface area contributed by atoms with Crippen molar-refractivity contribution in [3.63, 3.8) is 0 Å². The van der Waals surface area contributed by atoms with E-state index >= 15 is 0 Å². The molecule has 3 heterocycles. The van der Waals surface area contributed by atoms with E-state index in [1.54, 1.807) is 6.20 Å². The minimum atomic E-state index is -1.36. The summed E-state index contributed by atoms with van der Waals surface area (Å²) in [6.45, 7) is 4.03. The van der Waals surface area contributed by atoms with Crippen molar-refractivity contribution in [2.75, 3.05) is 6.61 Å². The second kappa shape index (κ2) is 10.3. The number of hydrogen-bond acceptors (Lipinski definition) is 7. The number of nitrogens with zero attached hydrogens (tertiary/aromatic N) is 3. The van der Waals surface area contributed by atoms with Gasteiger partial charge in [-0.05, 0) is 42.9 Å². The molecule has 1 aliphatic rings. The smallest absolute Gasteiger partial charge is 0.333 e. The second-order valence-electron chi connectivity index (χ2n) is 7.96. The Bertz CT molecular complexity index is 988. The van der Waals surface area contributed by atoms with Crippen LogP contribution in [0.1, 0.15) is 62.9 Å². The van der Waals surface area contributed by atoms with E-state index < -0.39 is 35.8 Å². The number of ether oxygens (including phenoxy) is 1. The molecule has 0 radical (unpaired) electrons. The van der Waals surface area contributed by atoms with E-state index in [1.165, 1.54) is 12.3 Å². The maximum atomic E-state index is 13.1. The van der Waals surface area contributed by atoms with E-state index in [0.717, 1.165) is 34.0 Å². The fourth-order valence-electron chi connectivity index (χ4n) is 4.15. The van der Waals surface area contributed by atoms with Gasteiger partial charge in [-0.15, -0.1) is 0 Å². The van der Waals surface area contributed by atoms with Crippen molar-refractivity contribution in [3.05, 3.63) is 62.7 Å². The lowest BCUT2D eigenvalue weighted by molar-refractivity contribution is -0.0458. The van der Waals surface area contributed by atoms with E-state index in [2.05, 4.69) is 18.8 Å². The minimum Gasteiger partial charge on any atom is -0.396 e. The van der Waals surface area contributed by atoms with Gasteiger partial charge in [-0.1, -0.05) is 20.3 Å². The van der Waals surface area contributed by atoms with Crippen LogP contribution in [0.3, 0.4) is 0 Å². The Kier molecular flexibility index (Phi) is 7.77. The molecule has 5 atom stereocenters. The molecule has 1 fully saturated rings. The van der Waals surface area contributed by atoms with E-state index in [-0.39, 0.29) is 19.6 Å². The second-order valence-corrected chi connectivity index (χ2v) is 7.96. The van der Waals surface area contributed by atoms with Gasteiger partial charge in [-0.25, -0.2) is 4.79 Å². The summed E-state index contributed by atoms with van der Waals surface area (Å²) in [4.78, 5) is 29.8. The summed E-state index contributed by atoms with van der Waals surface area (Å²) in [6, 6.07) is 5.11. The predicted octanol–water partition coefficient (Wildman–Crippen LogP) is 0.749. The van der Waals surface area contributed by atoms with Gasteiger partial charge in [0.25, 0.3) is 5.56 Å². The molecular weight excluding hydrogens is 402 g/mol. The maximum Gasteiger partial charge on any atom is 0.333 e. The van der Waals surface area contributed by atoms with Crippen LogP contribution in [-0.4, -0.2) is 54.4 Å². The largest absolute Gasteiger partial charge is 0.396 e. The average Bonchev–Trinajstić information content (AvgIpc) is 3.04. The molecular formula is C22H31N3O6. The average molecular weight is 434 g/mol. The normalized spacial score (nSPS) is 24.4. The molecule has 3 rings (SSSR count). The molecule has 9 nitrogen and oxygen atoms in total. The summed E-state index contributed by atoms with van der Waals surface area (Å²) < 4.78 is 7.74. The molecule has 9 heteroatoms. The van der Waals surface area contributed by atoms with E-state index in [0.29, 0.717) is 11.6 Å². The zero-order valence-electron chi connectivity index (χ0n) is 17.9. The lowest BCUT2D eigenvalue weighted by Crippen LogP contribution is -2.43. The molecule has 3 N–H and O–H groups in total. The summed E-state index contributed by atoms with van der Waals surface area (Å²) >= 11 is 0. The predicted molar refractivity (Wildman–Crippen MR) is 114 cm³/mol.